The number of nitrogens with zero attached hydrogens (tertiary/aromatic N) is 1. The van der Waals surface area contributed by atoms with Crippen LogP contribution < -0.4 is 5.32 Å². The minimum atomic E-state index is -0.0646. The van der Waals surface area contributed by atoms with Gasteiger partial charge in [0.2, 0.25) is 0 Å². The molecule has 3 unspecified atom stereocenters. The van der Waals surface area contributed by atoms with Gasteiger partial charge in [0.25, 0.3) is 0 Å². The summed E-state index contributed by atoms with van der Waals surface area (Å²) in [5, 5.41) is 12.8. The van der Waals surface area contributed by atoms with Gasteiger partial charge in [0.1, 0.15) is 0 Å². The molecule has 0 aromatic rings. The first kappa shape index (κ1) is 14.9. The summed E-state index contributed by atoms with van der Waals surface area (Å²) in [6, 6.07) is 1.01. The van der Waals surface area contributed by atoms with Gasteiger partial charge in [0, 0.05) is 24.7 Å². The van der Waals surface area contributed by atoms with Gasteiger partial charge >= 0.3 is 0 Å². The largest absolute Gasteiger partial charge is 0.394 e. The van der Waals surface area contributed by atoms with Crippen molar-refractivity contribution in [3.05, 3.63) is 0 Å². The second kappa shape index (κ2) is 6.69. The highest BCUT2D eigenvalue weighted by molar-refractivity contribution is 4.99. The van der Waals surface area contributed by atoms with Gasteiger partial charge in [-0.1, -0.05) is 6.92 Å². The molecule has 0 saturated heterocycles. The van der Waals surface area contributed by atoms with E-state index in [1.165, 1.54) is 0 Å². The Hall–Kier alpha value is -0.160. The van der Waals surface area contributed by atoms with Crippen molar-refractivity contribution in [2.45, 2.75) is 50.7 Å². The Morgan fingerprint density at radius 1 is 1.59 bits per heavy atom. The minimum absolute atomic E-state index is 0.0646. The quantitative estimate of drug-likeness (QED) is 0.697. The van der Waals surface area contributed by atoms with Crippen molar-refractivity contribution < 1.29 is 9.84 Å². The smallest absolute Gasteiger partial charge is 0.0615 e. The number of hydrogen-bond donors (Lipinski definition) is 2. The van der Waals surface area contributed by atoms with E-state index >= 15 is 0 Å². The van der Waals surface area contributed by atoms with E-state index in [1.54, 1.807) is 7.11 Å². The van der Waals surface area contributed by atoms with Crippen LogP contribution in [0.1, 0.15) is 33.1 Å². The summed E-state index contributed by atoms with van der Waals surface area (Å²) < 4.78 is 5.24. The maximum atomic E-state index is 9.53. The number of rotatable bonds is 7. The molecule has 1 fully saturated rings. The monoisotopic (exact) mass is 244 g/mol. The maximum Gasteiger partial charge on any atom is 0.0615 e. The van der Waals surface area contributed by atoms with Crippen LogP contribution in [0.5, 0.6) is 0 Å². The molecule has 4 nitrogen and oxygen atoms in total. The lowest BCUT2D eigenvalue weighted by atomic mass is 9.98. The van der Waals surface area contributed by atoms with Crippen molar-refractivity contribution in [2.24, 2.45) is 0 Å². The Kier molecular flexibility index (Phi) is 5.86. The topological polar surface area (TPSA) is 44.7 Å². The second-order valence-electron chi connectivity index (χ2n) is 5.22. The van der Waals surface area contributed by atoms with Gasteiger partial charge in [0.15, 0.2) is 0 Å². The van der Waals surface area contributed by atoms with Crippen molar-refractivity contribution in [1.29, 1.82) is 0 Å². The van der Waals surface area contributed by atoms with Gasteiger partial charge in [-0.3, -0.25) is 4.90 Å². The molecule has 17 heavy (non-hydrogen) atoms. The van der Waals surface area contributed by atoms with Crippen molar-refractivity contribution in [3.63, 3.8) is 0 Å². The van der Waals surface area contributed by atoms with Gasteiger partial charge in [-0.05, 0) is 39.8 Å². The second-order valence-corrected chi connectivity index (χ2v) is 5.22. The van der Waals surface area contributed by atoms with Crippen LogP contribution in [0, 0.1) is 0 Å². The zero-order chi connectivity index (χ0) is 12.9. The van der Waals surface area contributed by atoms with E-state index in [9.17, 15) is 5.11 Å². The van der Waals surface area contributed by atoms with E-state index in [-0.39, 0.29) is 12.1 Å². The molecule has 102 valence electrons. The number of ether oxygens (including phenoxy) is 1. The lowest BCUT2D eigenvalue weighted by Crippen LogP contribution is -2.48. The van der Waals surface area contributed by atoms with Gasteiger partial charge in [-0.2, -0.15) is 0 Å². The first-order valence-electron chi connectivity index (χ1n) is 6.67. The Labute approximate surface area is 105 Å². The van der Waals surface area contributed by atoms with Crippen molar-refractivity contribution in [3.8, 4) is 0 Å². The number of likely N-dealkylation sites (N-methyl/N-ethyl adjacent to an activating group) is 2. The van der Waals surface area contributed by atoms with E-state index in [1.807, 2.05) is 7.05 Å². The molecule has 0 aromatic heterocycles. The molecule has 0 heterocycles. The van der Waals surface area contributed by atoms with Crippen LogP contribution in [-0.2, 0) is 4.74 Å². The highest BCUT2D eigenvalue weighted by Gasteiger charge is 2.40. The predicted octanol–water partition coefficient (Wildman–Crippen LogP) is 0.846. The van der Waals surface area contributed by atoms with Crippen LogP contribution in [0.4, 0.5) is 0 Å². The third-order valence-corrected chi connectivity index (χ3v) is 4.22. The van der Waals surface area contributed by atoms with E-state index in [0.29, 0.717) is 12.1 Å². The Bertz CT molecular complexity index is 219. The third-order valence-electron chi connectivity index (χ3n) is 4.22. The van der Waals surface area contributed by atoms with Gasteiger partial charge in [-0.25, -0.2) is 0 Å². The SMILES string of the molecule is CCN(C(C)COC)C1CCC(CO)(NC)C1. The van der Waals surface area contributed by atoms with Crippen LogP contribution in [0.2, 0.25) is 0 Å². The molecule has 0 spiro atoms. The third kappa shape index (κ3) is 3.41. The molecule has 1 rings (SSSR count). The van der Waals surface area contributed by atoms with Gasteiger partial charge in [0.05, 0.1) is 13.2 Å². The van der Waals surface area contributed by atoms with E-state index < -0.39 is 0 Å². The van der Waals surface area contributed by atoms with Crippen molar-refractivity contribution in [2.75, 3.05) is 33.9 Å². The minimum Gasteiger partial charge on any atom is -0.394 e. The lowest BCUT2D eigenvalue weighted by molar-refractivity contribution is 0.0689. The van der Waals surface area contributed by atoms with Crippen LogP contribution in [0.15, 0.2) is 0 Å². The van der Waals surface area contributed by atoms with Crippen molar-refractivity contribution in [1.82, 2.24) is 10.2 Å². The average Bonchev–Trinajstić information content (AvgIpc) is 2.75. The molecule has 1 aliphatic rings. The normalized spacial score (nSPS) is 31.1. The molecule has 0 bridgehead atoms. The lowest BCUT2D eigenvalue weighted by Gasteiger charge is -2.34. The van der Waals surface area contributed by atoms with Crippen LogP contribution in [-0.4, -0.2) is 61.5 Å². The molecule has 1 aliphatic carbocycles. The molecular weight excluding hydrogens is 216 g/mol. The molecule has 4 heteroatoms. The van der Waals surface area contributed by atoms with Crippen molar-refractivity contribution >= 4 is 0 Å². The molecule has 1 saturated carbocycles. The zero-order valence-electron chi connectivity index (χ0n) is 11.7. The molecule has 3 atom stereocenters. The van der Waals surface area contributed by atoms with E-state index in [0.717, 1.165) is 32.4 Å². The molecule has 0 aromatic carbocycles. The van der Waals surface area contributed by atoms with Crippen LogP contribution in [0.3, 0.4) is 0 Å². The Morgan fingerprint density at radius 3 is 2.71 bits per heavy atom. The fraction of sp³-hybridized carbons (Fsp3) is 1.00. The van der Waals surface area contributed by atoms with Crippen LogP contribution >= 0.6 is 0 Å². The summed E-state index contributed by atoms with van der Waals surface area (Å²) in [6.07, 6.45) is 3.24. The number of aliphatic hydroxyl groups is 1. The van der Waals surface area contributed by atoms with E-state index in [4.69, 9.17) is 4.74 Å². The Balaban J connectivity index is 2.60. The highest BCUT2D eigenvalue weighted by atomic mass is 16.5. The molecule has 2 N–H and O–H groups in total. The average molecular weight is 244 g/mol. The molecule has 0 amide bonds. The fourth-order valence-electron chi connectivity index (χ4n) is 3.10. The summed E-state index contributed by atoms with van der Waals surface area (Å²) in [5.74, 6) is 0. The number of methoxy groups -OCH3 is 1. The Morgan fingerprint density at radius 2 is 2.29 bits per heavy atom. The van der Waals surface area contributed by atoms with Gasteiger partial charge < -0.3 is 15.2 Å². The first-order chi connectivity index (χ1) is 8.12. The summed E-state index contributed by atoms with van der Waals surface area (Å²) >= 11 is 0. The molecular formula is C13H28N2O2. The molecule has 0 aliphatic heterocycles. The van der Waals surface area contributed by atoms with Gasteiger partial charge in [-0.15, -0.1) is 0 Å². The van der Waals surface area contributed by atoms with Crippen LogP contribution in [0.25, 0.3) is 0 Å². The summed E-state index contributed by atoms with van der Waals surface area (Å²) in [6.45, 7) is 6.46. The highest BCUT2D eigenvalue weighted by Crippen LogP contribution is 2.33. The maximum absolute atomic E-state index is 9.53. The summed E-state index contributed by atoms with van der Waals surface area (Å²) in [7, 11) is 3.71. The zero-order valence-corrected chi connectivity index (χ0v) is 11.7. The number of hydrogen-bond acceptors (Lipinski definition) is 4. The number of nitrogens with one attached hydrogen (secondary N) is 1. The van der Waals surface area contributed by atoms with E-state index in [2.05, 4.69) is 24.1 Å². The first-order valence-corrected chi connectivity index (χ1v) is 6.67. The fourth-order valence-corrected chi connectivity index (χ4v) is 3.10. The molecule has 0 radical (unpaired) electrons. The predicted molar refractivity (Wildman–Crippen MR) is 70.2 cm³/mol. The summed E-state index contributed by atoms with van der Waals surface area (Å²) in [4.78, 5) is 2.50. The standard InChI is InChI=1S/C13H28N2O2/c1-5-15(11(2)9-17-4)12-6-7-13(8-12,10-16)14-3/h11-12,14,16H,5-10H2,1-4H3. The summed E-state index contributed by atoms with van der Waals surface area (Å²) in [5.41, 5.74) is -0.0646. The number of aliphatic hydroxyl groups excluding tert-OH is 1.